The van der Waals surface area contributed by atoms with Crippen molar-refractivity contribution in [1.82, 2.24) is 19.9 Å². The Morgan fingerprint density at radius 1 is 0.893 bits per heavy atom. The molecule has 1 fully saturated rings. The highest BCUT2D eigenvalue weighted by molar-refractivity contribution is 7.08. The number of hydrogen-bond donors (Lipinski definition) is 0. The number of fused-ring (bicyclic) bond motifs is 1. The molecule has 5 nitrogen and oxygen atoms in total. The molecular formula is C22H21N5S. The second-order valence-electron chi connectivity index (χ2n) is 7.02. The van der Waals surface area contributed by atoms with Gasteiger partial charge in [-0.2, -0.15) is 11.3 Å². The van der Waals surface area contributed by atoms with Gasteiger partial charge < -0.3 is 4.90 Å². The van der Waals surface area contributed by atoms with Gasteiger partial charge in [-0.1, -0.05) is 12.1 Å². The van der Waals surface area contributed by atoms with E-state index in [-0.39, 0.29) is 0 Å². The van der Waals surface area contributed by atoms with Crippen molar-refractivity contribution in [3.05, 3.63) is 71.2 Å². The highest BCUT2D eigenvalue weighted by Gasteiger charge is 2.21. The van der Waals surface area contributed by atoms with Gasteiger partial charge in [-0.25, -0.2) is 9.97 Å². The first-order valence-electron chi connectivity index (χ1n) is 9.52. The Morgan fingerprint density at radius 2 is 1.71 bits per heavy atom. The van der Waals surface area contributed by atoms with Crippen LogP contribution in [0.5, 0.6) is 0 Å². The molecule has 1 aliphatic rings. The zero-order chi connectivity index (χ0) is 18.8. The topological polar surface area (TPSA) is 45.2 Å². The van der Waals surface area contributed by atoms with Gasteiger partial charge in [-0.3, -0.25) is 9.88 Å². The molecule has 0 N–H and O–H groups in total. The van der Waals surface area contributed by atoms with Crippen molar-refractivity contribution in [1.29, 1.82) is 0 Å². The molecule has 0 unspecified atom stereocenters. The maximum absolute atomic E-state index is 4.97. The lowest BCUT2D eigenvalue weighted by molar-refractivity contribution is 0.249. The first-order chi connectivity index (χ1) is 13.9. The Morgan fingerprint density at radius 3 is 2.50 bits per heavy atom. The van der Waals surface area contributed by atoms with Crippen molar-refractivity contribution in [2.75, 3.05) is 31.1 Å². The molecule has 0 bridgehead atoms. The standard InChI is InChI=1S/C22H21N5S/c1-2-4-20-19(3-1)22(25-21(24-20)18-7-14-28-16-18)27-12-10-26(11-13-27)15-17-5-8-23-9-6-17/h1-9,14,16H,10-13,15H2. The van der Waals surface area contributed by atoms with E-state index in [0.29, 0.717) is 0 Å². The van der Waals surface area contributed by atoms with Crippen LogP contribution in [0.15, 0.2) is 65.6 Å². The Labute approximate surface area is 168 Å². The molecule has 3 aromatic heterocycles. The summed E-state index contributed by atoms with van der Waals surface area (Å²) in [4.78, 5) is 18.8. The number of pyridine rings is 1. The number of aromatic nitrogens is 3. The van der Waals surface area contributed by atoms with Crippen LogP contribution in [0.25, 0.3) is 22.3 Å². The highest BCUT2D eigenvalue weighted by atomic mass is 32.1. The summed E-state index contributed by atoms with van der Waals surface area (Å²) in [5.74, 6) is 1.87. The molecule has 4 heterocycles. The van der Waals surface area contributed by atoms with Gasteiger partial charge in [-0.05, 0) is 41.3 Å². The Kier molecular flexibility index (Phi) is 4.72. The first-order valence-corrected chi connectivity index (χ1v) is 10.5. The molecule has 1 saturated heterocycles. The average Bonchev–Trinajstić information content (AvgIpc) is 3.29. The van der Waals surface area contributed by atoms with Crippen LogP contribution >= 0.6 is 11.3 Å². The van der Waals surface area contributed by atoms with E-state index in [1.54, 1.807) is 11.3 Å². The van der Waals surface area contributed by atoms with Crippen LogP contribution in [-0.4, -0.2) is 46.0 Å². The van der Waals surface area contributed by atoms with Gasteiger partial charge in [0.2, 0.25) is 0 Å². The molecule has 0 radical (unpaired) electrons. The number of anilines is 1. The molecule has 1 aromatic carbocycles. The Balaban J connectivity index is 1.40. The molecule has 0 atom stereocenters. The maximum atomic E-state index is 4.97. The van der Waals surface area contributed by atoms with Crippen molar-refractivity contribution >= 4 is 28.1 Å². The molecular weight excluding hydrogens is 366 g/mol. The summed E-state index contributed by atoms with van der Waals surface area (Å²) in [7, 11) is 0. The monoisotopic (exact) mass is 387 g/mol. The van der Waals surface area contributed by atoms with Crippen LogP contribution < -0.4 is 4.90 Å². The van der Waals surface area contributed by atoms with Crippen LogP contribution in [0.1, 0.15) is 5.56 Å². The number of benzene rings is 1. The van der Waals surface area contributed by atoms with Crippen molar-refractivity contribution in [3.8, 4) is 11.4 Å². The zero-order valence-electron chi connectivity index (χ0n) is 15.5. The van der Waals surface area contributed by atoms with Crippen LogP contribution in [0.4, 0.5) is 5.82 Å². The maximum Gasteiger partial charge on any atom is 0.162 e. The molecule has 0 aliphatic carbocycles. The van der Waals surface area contributed by atoms with Crippen molar-refractivity contribution in [2.24, 2.45) is 0 Å². The SMILES string of the molecule is c1ccc2c(N3CCN(Cc4ccncc4)CC3)nc(-c3ccsc3)nc2c1. The minimum Gasteiger partial charge on any atom is -0.353 e. The molecule has 1 aliphatic heterocycles. The van der Waals surface area contributed by atoms with Crippen LogP contribution in [0.3, 0.4) is 0 Å². The van der Waals surface area contributed by atoms with Gasteiger partial charge in [0.1, 0.15) is 5.82 Å². The van der Waals surface area contributed by atoms with Crippen molar-refractivity contribution < 1.29 is 0 Å². The molecule has 6 heteroatoms. The van der Waals surface area contributed by atoms with E-state index < -0.39 is 0 Å². The fourth-order valence-electron chi connectivity index (χ4n) is 3.69. The van der Waals surface area contributed by atoms with E-state index in [1.165, 1.54) is 5.56 Å². The smallest absolute Gasteiger partial charge is 0.162 e. The molecule has 140 valence electrons. The minimum absolute atomic E-state index is 0.814. The largest absolute Gasteiger partial charge is 0.353 e. The predicted octanol–water partition coefficient (Wildman–Crippen LogP) is 4.08. The summed E-state index contributed by atoms with van der Waals surface area (Å²) < 4.78 is 0. The van der Waals surface area contributed by atoms with Crippen molar-refractivity contribution in [2.45, 2.75) is 6.54 Å². The number of piperazine rings is 1. The number of hydrogen-bond acceptors (Lipinski definition) is 6. The highest BCUT2D eigenvalue weighted by Crippen LogP contribution is 2.29. The van der Waals surface area contributed by atoms with Crippen molar-refractivity contribution in [3.63, 3.8) is 0 Å². The van der Waals surface area contributed by atoms with Gasteiger partial charge in [0.15, 0.2) is 5.82 Å². The third-order valence-corrected chi connectivity index (χ3v) is 5.87. The predicted molar refractivity (Wildman–Crippen MR) is 115 cm³/mol. The lowest BCUT2D eigenvalue weighted by atomic mass is 10.2. The summed E-state index contributed by atoms with van der Waals surface area (Å²) in [5.41, 5.74) is 3.41. The molecule has 4 aromatic rings. The number of para-hydroxylation sites is 1. The summed E-state index contributed by atoms with van der Waals surface area (Å²) >= 11 is 1.68. The number of nitrogens with zero attached hydrogens (tertiary/aromatic N) is 5. The fraction of sp³-hybridized carbons (Fsp3) is 0.227. The lowest BCUT2D eigenvalue weighted by Gasteiger charge is -2.36. The molecule has 5 rings (SSSR count). The summed E-state index contributed by atoms with van der Waals surface area (Å²) in [5, 5.41) is 5.32. The zero-order valence-corrected chi connectivity index (χ0v) is 16.3. The average molecular weight is 388 g/mol. The van der Waals surface area contributed by atoms with Crippen LogP contribution in [0, 0.1) is 0 Å². The van der Waals surface area contributed by atoms with Gasteiger partial charge in [-0.15, -0.1) is 0 Å². The van der Waals surface area contributed by atoms with Crippen LogP contribution in [0.2, 0.25) is 0 Å². The van der Waals surface area contributed by atoms with Gasteiger partial charge in [0.25, 0.3) is 0 Å². The minimum atomic E-state index is 0.814. The summed E-state index contributed by atoms with van der Waals surface area (Å²) in [6, 6.07) is 14.6. The van der Waals surface area contributed by atoms with Gasteiger partial charge in [0.05, 0.1) is 5.52 Å². The number of thiophene rings is 1. The summed E-state index contributed by atoms with van der Waals surface area (Å²) in [6.45, 7) is 4.95. The molecule has 28 heavy (non-hydrogen) atoms. The Hall–Kier alpha value is -2.83. The quantitative estimate of drug-likeness (QED) is 0.528. The summed E-state index contributed by atoms with van der Waals surface area (Å²) in [6.07, 6.45) is 3.73. The second-order valence-corrected chi connectivity index (χ2v) is 7.80. The second kappa shape index (κ2) is 7.66. The van der Waals surface area contributed by atoms with Crippen LogP contribution in [-0.2, 0) is 6.54 Å². The molecule has 0 amide bonds. The molecule has 0 spiro atoms. The van der Waals surface area contributed by atoms with E-state index in [4.69, 9.17) is 9.97 Å². The fourth-order valence-corrected chi connectivity index (χ4v) is 4.32. The van der Waals surface area contributed by atoms with E-state index in [1.807, 2.05) is 18.5 Å². The van der Waals surface area contributed by atoms with E-state index in [0.717, 1.165) is 60.8 Å². The molecule has 0 saturated carbocycles. The third kappa shape index (κ3) is 3.48. The van der Waals surface area contributed by atoms with Gasteiger partial charge >= 0.3 is 0 Å². The van der Waals surface area contributed by atoms with Gasteiger partial charge in [0, 0.05) is 61.4 Å². The lowest BCUT2D eigenvalue weighted by Crippen LogP contribution is -2.46. The third-order valence-electron chi connectivity index (χ3n) is 5.19. The van der Waals surface area contributed by atoms with E-state index in [9.17, 15) is 0 Å². The van der Waals surface area contributed by atoms with E-state index in [2.05, 4.69) is 61.9 Å². The first kappa shape index (κ1) is 17.3. The Bertz CT molecular complexity index is 1060. The number of rotatable bonds is 4. The normalized spacial score (nSPS) is 15.2. The van der Waals surface area contributed by atoms with E-state index >= 15 is 0 Å².